The maximum absolute atomic E-state index is 6.03. The zero-order valence-corrected chi connectivity index (χ0v) is 12.6. The summed E-state index contributed by atoms with van der Waals surface area (Å²) in [6.45, 7) is 7.34. The Bertz CT molecular complexity index is 573. The molecule has 0 aliphatic rings. The first kappa shape index (κ1) is 14.5. The number of hydrogen-bond donors (Lipinski definition) is 1. The molecule has 0 spiro atoms. The van der Waals surface area contributed by atoms with Gasteiger partial charge in [0.25, 0.3) is 0 Å². The number of rotatable bonds is 4. The Morgan fingerprint density at radius 1 is 1.15 bits per heavy atom. The van der Waals surface area contributed by atoms with Crippen molar-refractivity contribution in [3.63, 3.8) is 0 Å². The lowest BCUT2D eigenvalue weighted by molar-refractivity contribution is 0.453. The summed E-state index contributed by atoms with van der Waals surface area (Å²) in [5.74, 6) is 1.66. The van der Waals surface area contributed by atoms with Gasteiger partial charge in [-0.05, 0) is 30.2 Å². The molecule has 0 saturated heterocycles. The highest BCUT2D eigenvalue weighted by Crippen LogP contribution is 2.33. The van der Waals surface area contributed by atoms with Crippen LogP contribution in [0.5, 0.6) is 11.5 Å². The minimum atomic E-state index is 0.0482. The predicted octanol–water partition coefficient (Wildman–Crippen LogP) is 3.89. The standard InChI is InChI=1S/C17H22N2O/c1-17(2,3)15-7-5-6-8-16(15)20-14-9-13(10-18-4)11-19-12-14/h5-9,11-12,18H,10H2,1-4H3. The van der Waals surface area contributed by atoms with Gasteiger partial charge >= 0.3 is 0 Å². The van der Waals surface area contributed by atoms with Crippen molar-refractivity contribution in [2.45, 2.75) is 32.7 Å². The van der Waals surface area contributed by atoms with Gasteiger partial charge in [-0.15, -0.1) is 0 Å². The Balaban J connectivity index is 2.28. The first-order valence-corrected chi connectivity index (χ1v) is 6.86. The molecule has 1 N–H and O–H groups in total. The van der Waals surface area contributed by atoms with E-state index >= 15 is 0 Å². The van der Waals surface area contributed by atoms with Crippen LogP contribution in [0.4, 0.5) is 0 Å². The first-order valence-electron chi connectivity index (χ1n) is 6.86. The third kappa shape index (κ3) is 3.58. The highest BCUT2D eigenvalue weighted by Gasteiger charge is 2.18. The van der Waals surface area contributed by atoms with Crippen LogP contribution in [0.2, 0.25) is 0 Å². The number of nitrogens with one attached hydrogen (secondary N) is 1. The molecular weight excluding hydrogens is 248 g/mol. The van der Waals surface area contributed by atoms with Crippen LogP contribution in [0.3, 0.4) is 0 Å². The minimum Gasteiger partial charge on any atom is -0.455 e. The predicted molar refractivity (Wildman–Crippen MR) is 82.2 cm³/mol. The molecule has 1 heterocycles. The Morgan fingerprint density at radius 2 is 1.90 bits per heavy atom. The Morgan fingerprint density at radius 3 is 2.60 bits per heavy atom. The molecule has 0 bridgehead atoms. The fraction of sp³-hybridized carbons (Fsp3) is 0.353. The van der Waals surface area contributed by atoms with Crippen molar-refractivity contribution < 1.29 is 4.74 Å². The maximum atomic E-state index is 6.03. The zero-order valence-electron chi connectivity index (χ0n) is 12.6. The average molecular weight is 270 g/mol. The smallest absolute Gasteiger partial charge is 0.146 e. The van der Waals surface area contributed by atoms with Crippen molar-refractivity contribution in [3.05, 3.63) is 53.9 Å². The summed E-state index contributed by atoms with van der Waals surface area (Å²) in [6, 6.07) is 10.2. The van der Waals surface area contributed by atoms with Crippen LogP contribution in [0, 0.1) is 0 Å². The Kier molecular flexibility index (Phi) is 4.40. The summed E-state index contributed by atoms with van der Waals surface area (Å²) in [4.78, 5) is 4.23. The van der Waals surface area contributed by atoms with E-state index in [0.29, 0.717) is 0 Å². The molecule has 3 heteroatoms. The molecule has 0 saturated carbocycles. The van der Waals surface area contributed by atoms with E-state index in [2.05, 4.69) is 37.1 Å². The van der Waals surface area contributed by atoms with Gasteiger partial charge in [-0.3, -0.25) is 4.98 Å². The number of benzene rings is 1. The molecule has 2 aromatic rings. The molecule has 1 aromatic carbocycles. The van der Waals surface area contributed by atoms with Crippen molar-refractivity contribution in [3.8, 4) is 11.5 Å². The normalized spacial score (nSPS) is 11.4. The lowest BCUT2D eigenvalue weighted by atomic mass is 9.86. The SMILES string of the molecule is CNCc1cncc(Oc2ccccc2C(C)(C)C)c1. The van der Waals surface area contributed by atoms with E-state index in [9.17, 15) is 0 Å². The summed E-state index contributed by atoms with van der Waals surface area (Å²) in [7, 11) is 1.92. The molecule has 3 nitrogen and oxygen atoms in total. The van der Waals surface area contributed by atoms with Crippen LogP contribution in [0.25, 0.3) is 0 Å². The van der Waals surface area contributed by atoms with Crippen LogP contribution in [-0.4, -0.2) is 12.0 Å². The zero-order chi connectivity index (χ0) is 14.6. The minimum absolute atomic E-state index is 0.0482. The van der Waals surface area contributed by atoms with E-state index in [4.69, 9.17) is 4.74 Å². The third-order valence-electron chi connectivity index (χ3n) is 3.07. The van der Waals surface area contributed by atoms with Crippen molar-refractivity contribution in [1.29, 1.82) is 0 Å². The van der Waals surface area contributed by atoms with Gasteiger partial charge in [0, 0.05) is 18.3 Å². The Labute approximate surface area is 121 Å². The van der Waals surface area contributed by atoms with Gasteiger partial charge in [0.05, 0.1) is 6.20 Å². The second-order valence-electron chi connectivity index (χ2n) is 5.91. The van der Waals surface area contributed by atoms with Gasteiger partial charge in [-0.2, -0.15) is 0 Å². The molecule has 0 amide bonds. The van der Waals surface area contributed by atoms with E-state index in [0.717, 1.165) is 23.6 Å². The van der Waals surface area contributed by atoms with Crippen LogP contribution in [0.1, 0.15) is 31.9 Å². The van der Waals surface area contributed by atoms with E-state index in [-0.39, 0.29) is 5.41 Å². The molecule has 106 valence electrons. The number of ether oxygens (including phenoxy) is 1. The van der Waals surface area contributed by atoms with E-state index < -0.39 is 0 Å². The number of hydrogen-bond acceptors (Lipinski definition) is 3. The molecule has 0 fully saturated rings. The molecule has 0 aliphatic carbocycles. The first-order chi connectivity index (χ1) is 9.50. The summed E-state index contributed by atoms with van der Waals surface area (Å²) < 4.78 is 6.03. The van der Waals surface area contributed by atoms with Crippen LogP contribution in [0.15, 0.2) is 42.7 Å². The van der Waals surface area contributed by atoms with Gasteiger partial charge in [-0.25, -0.2) is 0 Å². The van der Waals surface area contributed by atoms with Gasteiger partial charge in [0.1, 0.15) is 11.5 Å². The van der Waals surface area contributed by atoms with Gasteiger partial charge < -0.3 is 10.1 Å². The molecule has 0 aliphatic heterocycles. The van der Waals surface area contributed by atoms with Crippen molar-refractivity contribution >= 4 is 0 Å². The van der Waals surface area contributed by atoms with E-state index in [1.54, 1.807) is 6.20 Å². The van der Waals surface area contributed by atoms with Crippen molar-refractivity contribution in [2.24, 2.45) is 0 Å². The van der Waals surface area contributed by atoms with Crippen molar-refractivity contribution in [2.75, 3.05) is 7.05 Å². The van der Waals surface area contributed by atoms with Gasteiger partial charge in [-0.1, -0.05) is 39.0 Å². The largest absolute Gasteiger partial charge is 0.455 e. The van der Waals surface area contributed by atoms with E-state index in [1.165, 1.54) is 5.56 Å². The third-order valence-corrected chi connectivity index (χ3v) is 3.07. The lowest BCUT2D eigenvalue weighted by Crippen LogP contribution is -2.12. The fourth-order valence-electron chi connectivity index (χ4n) is 2.12. The highest BCUT2D eigenvalue weighted by molar-refractivity contribution is 5.41. The van der Waals surface area contributed by atoms with Crippen LogP contribution >= 0.6 is 0 Å². The quantitative estimate of drug-likeness (QED) is 0.915. The molecule has 0 radical (unpaired) electrons. The summed E-state index contributed by atoms with van der Waals surface area (Å²) in [5.41, 5.74) is 2.35. The van der Waals surface area contributed by atoms with Crippen LogP contribution < -0.4 is 10.1 Å². The molecule has 0 atom stereocenters. The number of nitrogens with zero attached hydrogens (tertiary/aromatic N) is 1. The monoisotopic (exact) mass is 270 g/mol. The highest BCUT2D eigenvalue weighted by atomic mass is 16.5. The average Bonchev–Trinajstić information content (AvgIpc) is 2.39. The maximum Gasteiger partial charge on any atom is 0.146 e. The van der Waals surface area contributed by atoms with Gasteiger partial charge in [0.2, 0.25) is 0 Å². The Hall–Kier alpha value is -1.87. The van der Waals surface area contributed by atoms with Crippen LogP contribution in [-0.2, 0) is 12.0 Å². The molecule has 2 rings (SSSR count). The summed E-state index contributed by atoms with van der Waals surface area (Å²) in [6.07, 6.45) is 3.59. The fourth-order valence-corrected chi connectivity index (χ4v) is 2.12. The topological polar surface area (TPSA) is 34.2 Å². The number of aromatic nitrogens is 1. The van der Waals surface area contributed by atoms with E-state index in [1.807, 2.05) is 37.5 Å². The number of pyridine rings is 1. The molecule has 1 aromatic heterocycles. The second kappa shape index (κ2) is 6.06. The molecule has 0 unspecified atom stereocenters. The second-order valence-corrected chi connectivity index (χ2v) is 5.91. The lowest BCUT2D eigenvalue weighted by Gasteiger charge is -2.22. The van der Waals surface area contributed by atoms with Gasteiger partial charge in [0.15, 0.2) is 0 Å². The summed E-state index contributed by atoms with van der Waals surface area (Å²) >= 11 is 0. The molecular formula is C17H22N2O. The number of para-hydroxylation sites is 1. The molecule has 20 heavy (non-hydrogen) atoms. The van der Waals surface area contributed by atoms with Crippen molar-refractivity contribution in [1.82, 2.24) is 10.3 Å². The summed E-state index contributed by atoms with van der Waals surface area (Å²) in [5, 5.41) is 3.12.